The molecule has 2 rings (SSSR count). The summed E-state index contributed by atoms with van der Waals surface area (Å²) in [4.78, 5) is 16.6. The Hall–Kier alpha value is -0.810. The Morgan fingerprint density at radius 2 is 1.68 bits per heavy atom. The molecule has 2 aliphatic heterocycles. The van der Waals surface area contributed by atoms with Gasteiger partial charge in [-0.2, -0.15) is 0 Å². The first-order valence-electron chi connectivity index (χ1n) is 8.70. The minimum atomic E-state index is -0.403. The molecule has 22 heavy (non-hydrogen) atoms. The zero-order chi connectivity index (χ0) is 16.3. The molecule has 2 fully saturated rings. The number of piperazine rings is 1. The Morgan fingerprint density at radius 3 is 2.18 bits per heavy atom. The number of ether oxygens (including phenoxy) is 1. The number of carbonyl (C=O) groups excluding carboxylic acids is 1. The molecule has 2 aliphatic rings. The topological polar surface area (TPSA) is 44.8 Å². The minimum absolute atomic E-state index is 0.158. The number of carbonyl (C=O) groups is 1. The first-order chi connectivity index (χ1) is 10.3. The van der Waals surface area contributed by atoms with Crippen LogP contribution in [0.2, 0.25) is 0 Å². The summed E-state index contributed by atoms with van der Waals surface area (Å²) in [6, 6.07) is 1.21. The van der Waals surface area contributed by atoms with E-state index in [0.717, 1.165) is 45.6 Å². The first-order valence-corrected chi connectivity index (χ1v) is 8.70. The van der Waals surface area contributed by atoms with Crippen molar-refractivity contribution in [1.82, 2.24) is 15.1 Å². The van der Waals surface area contributed by atoms with E-state index in [1.807, 2.05) is 25.7 Å². The van der Waals surface area contributed by atoms with Crippen molar-refractivity contribution in [3.8, 4) is 0 Å². The zero-order valence-corrected chi connectivity index (χ0v) is 14.9. The second-order valence-electron chi connectivity index (χ2n) is 7.96. The lowest BCUT2D eigenvalue weighted by Crippen LogP contribution is -2.56. The smallest absolute Gasteiger partial charge is 0.410 e. The van der Waals surface area contributed by atoms with Crippen molar-refractivity contribution < 1.29 is 9.53 Å². The lowest BCUT2D eigenvalue weighted by Gasteiger charge is -2.43. The van der Waals surface area contributed by atoms with Crippen molar-refractivity contribution in [2.75, 3.05) is 32.7 Å². The maximum Gasteiger partial charge on any atom is 0.410 e. The Labute approximate surface area is 135 Å². The molecule has 0 spiro atoms. The highest BCUT2D eigenvalue weighted by Gasteiger charge is 2.31. The van der Waals surface area contributed by atoms with Crippen LogP contribution < -0.4 is 5.32 Å². The molecule has 0 aromatic carbocycles. The molecule has 0 aromatic rings. The third-order valence-electron chi connectivity index (χ3n) is 4.75. The summed E-state index contributed by atoms with van der Waals surface area (Å²) in [5, 5.41) is 3.48. The van der Waals surface area contributed by atoms with E-state index in [1.54, 1.807) is 0 Å². The van der Waals surface area contributed by atoms with E-state index in [9.17, 15) is 4.79 Å². The third kappa shape index (κ3) is 4.85. The monoisotopic (exact) mass is 311 g/mol. The molecule has 0 aromatic heterocycles. The highest BCUT2D eigenvalue weighted by molar-refractivity contribution is 5.68. The van der Waals surface area contributed by atoms with Crippen molar-refractivity contribution in [1.29, 1.82) is 0 Å². The van der Waals surface area contributed by atoms with Crippen molar-refractivity contribution in [3.05, 3.63) is 0 Å². The molecule has 5 heteroatoms. The van der Waals surface area contributed by atoms with Crippen LogP contribution >= 0.6 is 0 Å². The Morgan fingerprint density at radius 1 is 1.14 bits per heavy atom. The van der Waals surface area contributed by atoms with Crippen LogP contribution in [0.25, 0.3) is 0 Å². The summed E-state index contributed by atoms with van der Waals surface area (Å²) in [7, 11) is 0. The van der Waals surface area contributed by atoms with E-state index in [4.69, 9.17) is 4.74 Å². The van der Waals surface area contributed by atoms with Crippen molar-refractivity contribution >= 4 is 6.09 Å². The van der Waals surface area contributed by atoms with Crippen molar-refractivity contribution in [3.63, 3.8) is 0 Å². The summed E-state index contributed by atoms with van der Waals surface area (Å²) >= 11 is 0. The van der Waals surface area contributed by atoms with Crippen molar-refractivity contribution in [2.45, 2.75) is 65.1 Å². The van der Waals surface area contributed by atoms with Crippen LogP contribution in [0.1, 0.15) is 47.5 Å². The van der Waals surface area contributed by atoms with E-state index >= 15 is 0 Å². The Bertz CT molecular complexity index is 363. The molecule has 0 aliphatic carbocycles. The van der Waals surface area contributed by atoms with Gasteiger partial charge >= 0.3 is 6.09 Å². The zero-order valence-electron chi connectivity index (χ0n) is 14.9. The van der Waals surface area contributed by atoms with Gasteiger partial charge < -0.3 is 15.0 Å². The number of piperidine rings is 1. The molecule has 0 radical (unpaired) electrons. The van der Waals surface area contributed by atoms with Gasteiger partial charge in [-0.05, 0) is 53.4 Å². The van der Waals surface area contributed by atoms with E-state index in [0.29, 0.717) is 18.0 Å². The fourth-order valence-electron chi connectivity index (χ4n) is 3.45. The van der Waals surface area contributed by atoms with Gasteiger partial charge in [-0.3, -0.25) is 4.90 Å². The summed E-state index contributed by atoms with van der Waals surface area (Å²) in [6.07, 6.45) is 2.01. The van der Waals surface area contributed by atoms with Gasteiger partial charge in [0.25, 0.3) is 0 Å². The van der Waals surface area contributed by atoms with Crippen LogP contribution in [0.15, 0.2) is 0 Å². The van der Waals surface area contributed by atoms with Crippen LogP contribution in [0.4, 0.5) is 4.79 Å². The largest absolute Gasteiger partial charge is 0.444 e. The lowest BCUT2D eigenvalue weighted by atomic mass is 9.94. The maximum absolute atomic E-state index is 12.1. The standard InChI is InChI=1S/C17H33N3O2/c1-13-10-18-11-14(2)20(13)12-15-6-8-19(9-7-15)16(21)22-17(3,4)5/h13-15,18H,6-12H2,1-5H3/t13-,14-/m0/s1. The molecule has 2 saturated heterocycles. The van der Waals surface area contributed by atoms with Gasteiger partial charge in [0.15, 0.2) is 0 Å². The molecule has 1 amide bonds. The van der Waals surface area contributed by atoms with Crippen LogP contribution in [0.3, 0.4) is 0 Å². The van der Waals surface area contributed by atoms with Crippen LogP contribution in [0.5, 0.6) is 0 Å². The second-order valence-corrected chi connectivity index (χ2v) is 7.96. The quantitative estimate of drug-likeness (QED) is 0.850. The molecule has 5 nitrogen and oxygen atoms in total. The van der Waals surface area contributed by atoms with Crippen LogP contribution in [0, 0.1) is 5.92 Å². The highest BCUT2D eigenvalue weighted by Crippen LogP contribution is 2.23. The summed E-state index contributed by atoms with van der Waals surface area (Å²) in [6.45, 7) is 15.4. The number of nitrogens with one attached hydrogen (secondary N) is 1. The van der Waals surface area contributed by atoms with Gasteiger partial charge in [0.2, 0.25) is 0 Å². The maximum atomic E-state index is 12.1. The van der Waals surface area contributed by atoms with Gasteiger partial charge in [-0.15, -0.1) is 0 Å². The SMILES string of the molecule is C[C@H]1CNC[C@H](C)N1CC1CCN(C(=O)OC(C)(C)C)CC1. The molecule has 0 bridgehead atoms. The number of amides is 1. The van der Waals surface area contributed by atoms with Gasteiger partial charge in [-0.25, -0.2) is 4.79 Å². The van der Waals surface area contributed by atoms with E-state index in [-0.39, 0.29) is 6.09 Å². The van der Waals surface area contributed by atoms with Gasteiger partial charge in [0.1, 0.15) is 5.60 Å². The molecule has 2 atom stereocenters. The number of likely N-dealkylation sites (tertiary alicyclic amines) is 1. The second kappa shape index (κ2) is 7.18. The first kappa shape index (κ1) is 17.5. The molecule has 1 N–H and O–H groups in total. The summed E-state index contributed by atoms with van der Waals surface area (Å²) < 4.78 is 5.46. The lowest BCUT2D eigenvalue weighted by molar-refractivity contribution is 0.0140. The van der Waals surface area contributed by atoms with Crippen molar-refractivity contribution in [2.24, 2.45) is 5.92 Å². The molecular weight excluding hydrogens is 278 g/mol. The predicted molar refractivity (Wildman–Crippen MR) is 89.0 cm³/mol. The fourth-order valence-corrected chi connectivity index (χ4v) is 3.45. The number of rotatable bonds is 2. The van der Waals surface area contributed by atoms with E-state index in [2.05, 4.69) is 24.1 Å². The third-order valence-corrected chi connectivity index (χ3v) is 4.75. The highest BCUT2D eigenvalue weighted by atomic mass is 16.6. The van der Waals surface area contributed by atoms with Gasteiger partial charge in [0, 0.05) is 44.8 Å². The molecule has 0 saturated carbocycles. The summed E-state index contributed by atoms with van der Waals surface area (Å²) in [5.41, 5.74) is -0.403. The van der Waals surface area contributed by atoms with E-state index < -0.39 is 5.60 Å². The predicted octanol–water partition coefficient (Wildman–Crippen LogP) is 2.32. The molecular formula is C17H33N3O2. The number of nitrogens with zero attached hydrogens (tertiary/aromatic N) is 2. The fraction of sp³-hybridized carbons (Fsp3) is 0.941. The van der Waals surface area contributed by atoms with Crippen LogP contribution in [-0.2, 0) is 4.74 Å². The summed E-state index contributed by atoms with van der Waals surface area (Å²) in [5.74, 6) is 0.696. The minimum Gasteiger partial charge on any atom is -0.444 e. The average Bonchev–Trinajstić information content (AvgIpc) is 2.42. The molecule has 0 unspecified atom stereocenters. The molecule has 128 valence electrons. The number of hydrogen-bond acceptors (Lipinski definition) is 4. The Kier molecular flexibility index (Phi) is 5.72. The molecule has 2 heterocycles. The normalized spacial score (nSPS) is 28.7. The van der Waals surface area contributed by atoms with Gasteiger partial charge in [-0.1, -0.05) is 0 Å². The average molecular weight is 311 g/mol. The van der Waals surface area contributed by atoms with Gasteiger partial charge in [0.05, 0.1) is 0 Å². The van der Waals surface area contributed by atoms with Crippen LogP contribution in [-0.4, -0.2) is 66.3 Å². The van der Waals surface area contributed by atoms with E-state index in [1.165, 1.54) is 0 Å². The number of hydrogen-bond donors (Lipinski definition) is 1. The Balaban J connectivity index is 1.78.